The highest BCUT2D eigenvalue weighted by Crippen LogP contribution is 2.47. The molecule has 0 radical (unpaired) electrons. The molecular formula is C14H13N3O2S. The van der Waals surface area contributed by atoms with Crippen molar-refractivity contribution in [2.75, 3.05) is 4.31 Å². The molecule has 1 atom stereocenters. The molecule has 1 amide bonds. The van der Waals surface area contributed by atoms with Crippen molar-refractivity contribution in [1.29, 1.82) is 0 Å². The van der Waals surface area contributed by atoms with Gasteiger partial charge in [-0.15, -0.1) is 0 Å². The number of hydrogen-bond donors (Lipinski definition) is 2. The summed E-state index contributed by atoms with van der Waals surface area (Å²) in [7, 11) is 0. The minimum Gasteiger partial charge on any atom is -0.303 e. The standard InChI is InChI=1S/C14H13N3O2S/c18-13(16-19)9-12-11-7-4-8-15-14(11)20-17(12)10-5-2-1-3-6-10/h1-8,12,19H,9H2,(H,16,18). The fourth-order valence-corrected chi connectivity index (χ4v) is 3.38. The molecule has 1 aliphatic rings. The van der Waals surface area contributed by atoms with E-state index in [2.05, 4.69) is 4.98 Å². The molecule has 5 nitrogen and oxygen atoms in total. The Balaban J connectivity index is 1.96. The Labute approximate surface area is 120 Å². The number of nitrogens with zero attached hydrogens (tertiary/aromatic N) is 2. The number of anilines is 1. The third-order valence-corrected chi connectivity index (χ3v) is 4.32. The first-order valence-corrected chi connectivity index (χ1v) is 6.97. The predicted octanol–water partition coefficient (Wildman–Crippen LogP) is 2.55. The maximum Gasteiger partial charge on any atom is 0.245 e. The van der Waals surface area contributed by atoms with Crippen LogP contribution in [0.25, 0.3) is 0 Å². The molecule has 1 aromatic carbocycles. The summed E-state index contributed by atoms with van der Waals surface area (Å²) in [6.07, 6.45) is 1.92. The van der Waals surface area contributed by atoms with Crippen LogP contribution in [-0.4, -0.2) is 16.1 Å². The number of benzene rings is 1. The summed E-state index contributed by atoms with van der Waals surface area (Å²) in [5, 5.41) is 9.65. The minimum absolute atomic E-state index is 0.141. The number of nitrogens with one attached hydrogen (secondary N) is 1. The van der Waals surface area contributed by atoms with Crippen LogP contribution in [0.3, 0.4) is 0 Å². The smallest absolute Gasteiger partial charge is 0.245 e. The summed E-state index contributed by atoms with van der Waals surface area (Å²) in [4.78, 5) is 15.9. The molecule has 0 fully saturated rings. The number of fused-ring (bicyclic) bond motifs is 1. The third kappa shape index (κ3) is 2.35. The van der Waals surface area contributed by atoms with Crippen LogP contribution in [-0.2, 0) is 4.79 Å². The van der Waals surface area contributed by atoms with Gasteiger partial charge < -0.3 is 4.31 Å². The van der Waals surface area contributed by atoms with Gasteiger partial charge in [0, 0.05) is 29.4 Å². The summed E-state index contributed by atoms with van der Waals surface area (Å²) >= 11 is 1.51. The average molecular weight is 287 g/mol. The van der Waals surface area contributed by atoms with Crippen molar-refractivity contribution in [1.82, 2.24) is 10.5 Å². The van der Waals surface area contributed by atoms with Crippen molar-refractivity contribution in [3.05, 3.63) is 54.2 Å². The van der Waals surface area contributed by atoms with E-state index in [0.29, 0.717) is 0 Å². The molecule has 0 saturated heterocycles. The van der Waals surface area contributed by atoms with Crippen LogP contribution in [0.1, 0.15) is 18.0 Å². The Kier molecular flexibility index (Phi) is 3.58. The first kappa shape index (κ1) is 13.0. The Morgan fingerprint density at radius 2 is 2.10 bits per heavy atom. The first-order chi connectivity index (χ1) is 9.79. The molecule has 2 heterocycles. The Morgan fingerprint density at radius 1 is 1.30 bits per heavy atom. The molecule has 20 heavy (non-hydrogen) atoms. The van der Waals surface area contributed by atoms with E-state index >= 15 is 0 Å². The zero-order valence-electron chi connectivity index (χ0n) is 10.6. The lowest BCUT2D eigenvalue weighted by atomic mass is 10.1. The molecule has 1 unspecified atom stereocenters. The largest absolute Gasteiger partial charge is 0.303 e. The van der Waals surface area contributed by atoms with E-state index < -0.39 is 5.91 Å². The fourth-order valence-electron chi connectivity index (χ4n) is 2.24. The van der Waals surface area contributed by atoms with Gasteiger partial charge in [0.25, 0.3) is 0 Å². The van der Waals surface area contributed by atoms with Crippen LogP contribution >= 0.6 is 11.9 Å². The highest BCUT2D eigenvalue weighted by atomic mass is 32.2. The van der Waals surface area contributed by atoms with E-state index in [-0.39, 0.29) is 12.5 Å². The fraction of sp³-hybridized carbons (Fsp3) is 0.143. The van der Waals surface area contributed by atoms with Gasteiger partial charge in [0.15, 0.2) is 0 Å². The first-order valence-electron chi connectivity index (χ1n) is 6.19. The van der Waals surface area contributed by atoms with Gasteiger partial charge in [-0.05, 0) is 18.2 Å². The zero-order chi connectivity index (χ0) is 13.9. The number of amides is 1. The van der Waals surface area contributed by atoms with Gasteiger partial charge in [-0.2, -0.15) is 0 Å². The Hall–Kier alpha value is -2.05. The normalized spacial score (nSPS) is 16.9. The van der Waals surface area contributed by atoms with Crippen molar-refractivity contribution in [3.8, 4) is 0 Å². The molecule has 2 N–H and O–H groups in total. The maximum absolute atomic E-state index is 11.5. The van der Waals surface area contributed by atoms with Gasteiger partial charge in [-0.3, -0.25) is 10.0 Å². The van der Waals surface area contributed by atoms with Crippen molar-refractivity contribution < 1.29 is 10.0 Å². The van der Waals surface area contributed by atoms with Crippen LogP contribution in [0.15, 0.2) is 53.7 Å². The second kappa shape index (κ2) is 5.52. The number of rotatable bonds is 3. The van der Waals surface area contributed by atoms with E-state index in [9.17, 15) is 4.79 Å². The van der Waals surface area contributed by atoms with Crippen LogP contribution in [0.2, 0.25) is 0 Å². The molecule has 1 aromatic heterocycles. The van der Waals surface area contributed by atoms with E-state index in [0.717, 1.165) is 16.3 Å². The zero-order valence-corrected chi connectivity index (χ0v) is 11.4. The highest BCUT2D eigenvalue weighted by molar-refractivity contribution is 8.01. The number of hydrogen-bond acceptors (Lipinski definition) is 5. The van der Waals surface area contributed by atoms with Gasteiger partial charge >= 0.3 is 0 Å². The second-order valence-electron chi connectivity index (χ2n) is 4.41. The van der Waals surface area contributed by atoms with Gasteiger partial charge in [-0.25, -0.2) is 10.5 Å². The van der Waals surface area contributed by atoms with E-state index in [1.165, 1.54) is 11.9 Å². The number of para-hydroxylation sites is 1. The Bertz CT molecular complexity index is 621. The maximum atomic E-state index is 11.5. The molecule has 1 aliphatic heterocycles. The predicted molar refractivity (Wildman–Crippen MR) is 76.3 cm³/mol. The number of hydroxylamine groups is 1. The van der Waals surface area contributed by atoms with Crippen molar-refractivity contribution in [2.45, 2.75) is 17.5 Å². The van der Waals surface area contributed by atoms with Gasteiger partial charge in [0.05, 0.1) is 12.5 Å². The molecule has 102 valence electrons. The number of carbonyl (C=O) groups excluding carboxylic acids is 1. The molecule has 2 aromatic rings. The lowest BCUT2D eigenvalue weighted by Gasteiger charge is -2.24. The van der Waals surface area contributed by atoms with Crippen LogP contribution < -0.4 is 9.79 Å². The van der Waals surface area contributed by atoms with Crippen LogP contribution in [0.4, 0.5) is 5.69 Å². The highest BCUT2D eigenvalue weighted by Gasteiger charge is 2.34. The average Bonchev–Trinajstić information content (AvgIpc) is 2.87. The number of pyridine rings is 1. The van der Waals surface area contributed by atoms with E-state index in [1.54, 1.807) is 11.7 Å². The summed E-state index contributed by atoms with van der Waals surface area (Å²) in [6.45, 7) is 0. The quantitative estimate of drug-likeness (QED) is 0.516. The number of aromatic nitrogens is 1. The van der Waals surface area contributed by atoms with E-state index in [1.807, 2.05) is 46.8 Å². The summed E-state index contributed by atoms with van der Waals surface area (Å²) in [6, 6.07) is 13.5. The lowest BCUT2D eigenvalue weighted by Crippen LogP contribution is -2.26. The molecule has 0 aliphatic carbocycles. The van der Waals surface area contributed by atoms with Gasteiger partial charge in [-0.1, -0.05) is 24.3 Å². The van der Waals surface area contributed by atoms with Crippen LogP contribution in [0.5, 0.6) is 0 Å². The van der Waals surface area contributed by atoms with E-state index in [4.69, 9.17) is 5.21 Å². The molecule has 0 bridgehead atoms. The lowest BCUT2D eigenvalue weighted by molar-refractivity contribution is -0.129. The Morgan fingerprint density at radius 3 is 2.85 bits per heavy atom. The molecule has 3 rings (SSSR count). The monoisotopic (exact) mass is 287 g/mol. The summed E-state index contributed by atoms with van der Waals surface area (Å²) < 4.78 is 2.05. The van der Waals surface area contributed by atoms with Crippen molar-refractivity contribution in [3.63, 3.8) is 0 Å². The molecule has 0 spiro atoms. The van der Waals surface area contributed by atoms with Gasteiger partial charge in [0.2, 0.25) is 5.91 Å². The van der Waals surface area contributed by atoms with Crippen molar-refractivity contribution in [2.24, 2.45) is 0 Å². The summed E-state index contributed by atoms with van der Waals surface area (Å²) in [5.41, 5.74) is 3.71. The molecule has 0 saturated carbocycles. The topological polar surface area (TPSA) is 65.5 Å². The SMILES string of the molecule is O=C(CC1c2cccnc2SN1c1ccccc1)NO. The number of carbonyl (C=O) groups is 1. The third-order valence-electron chi connectivity index (χ3n) is 3.14. The van der Waals surface area contributed by atoms with Crippen molar-refractivity contribution >= 4 is 23.5 Å². The minimum atomic E-state index is -0.409. The van der Waals surface area contributed by atoms with Gasteiger partial charge in [0.1, 0.15) is 5.03 Å². The van der Waals surface area contributed by atoms with Crippen LogP contribution in [0, 0.1) is 0 Å². The molecule has 6 heteroatoms. The summed E-state index contributed by atoms with van der Waals surface area (Å²) in [5.74, 6) is -0.409. The second-order valence-corrected chi connectivity index (χ2v) is 5.37. The molecular weight excluding hydrogens is 274 g/mol.